The van der Waals surface area contributed by atoms with Crippen molar-refractivity contribution in [2.75, 3.05) is 18.4 Å². The molecular weight excluding hydrogens is 255 g/mol. The predicted molar refractivity (Wildman–Crippen MR) is 61.3 cm³/mol. The molecule has 78 valence electrons. The van der Waals surface area contributed by atoms with E-state index in [1.807, 2.05) is 12.1 Å². The molecule has 1 fully saturated rings. The number of benzene rings is 1. The Balaban J connectivity index is 1.86. The molecule has 0 aliphatic carbocycles. The van der Waals surface area contributed by atoms with Crippen molar-refractivity contribution in [3.8, 4) is 0 Å². The fraction of sp³-hybridized carbons (Fsp3) is 0.400. The van der Waals surface area contributed by atoms with Crippen LogP contribution in [0.15, 0.2) is 26.1 Å². The van der Waals surface area contributed by atoms with Gasteiger partial charge in [-0.15, -0.1) is 0 Å². The van der Waals surface area contributed by atoms with E-state index in [-0.39, 0.29) is 14.6 Å². The summed E-state index contributed by atoms with van der Waals surface area (Å²) in [6.45, 7) is 2.16. The summed E-state index contributed by atoms with van der Waals surface area (Å²) in [6.07, 6.45) is 1.19. The number of nitrogens with zero attached hydrogens (tertiary/aromatic N) is 2. The van der Waals surface area contributed by atoms with Crippen LogP contribution >= 0.6 is 0 Å². The molecule has 2 aliphatic heterocycles. The van der Waals surface area contributed by atoms with Crippen molar-refractivity contribution in [1.82, 2.24) is 5.32 Å². The van der Waals surface area contributed by atoms with Crippen LogP contribution in [-0.4, -0.2) is 33.7 Å². The second kappa shape index (κ2) is 3.93. The van der Waals surface area contributed by atoms with Gasteiger partial charge in [-0.25, -0.2) is 0 Å². The fourth-order valence-corrected chi connectivity index (χ4v) is 3.07. The van der Waals surface area contributed by atoms with Crippen LogP contribution in [0.3, 0.4) is 0 Å². The molecular formula is C10H12N4Se. The van der Waals surface area contributed by atoms with Crippen LogP contribution in [0.2, 0.25) is 0 Å². The van der Waals surface area contributed by atoms with Gasteiger partial charge >= 0.3 is 93.9 Å². The molecule has 1 unspecified atom stereocenters. The van der Waals surface area contributed by atoms with E-state index in [1.165, 1.54) is 6.42 Å². The molecule has 0 radical (unpaired) electrons. The summed E-state index contributed by atoms with van der Waals surface area (Å²) in [5.74, 6) is 0. The van der Waals surface area contributed by atoms with Crippen molar-refractivity contribution in [3.05, 3.63) is 18.2 Å². The number of hydrogen-bond acceptors (Lipinski definition) is 4. The number of rotatable bonds is 2. The molecule has 0 bridgehead atoms. The monoisotopic (exact) mass is 268 g/mol. The maximum absolute atomic E-state index is 4.45. The summed E-state index contributed by atoms with van der Waals surface area (Å²) in [5, 5.41) is 6.88. The van der Waals surface area contributed by atoms with Gasteiger partial charge in [-0.1, -0.05) is 0 Å². The molecule has 15 heavy (non-hydrogen) atoms. The topological polar surface area (TPSA) is 48.8 Å². The number of hydrogen-bond donors (Lipinski definition) is 2. The average molecular weight is 267 g/mol. The summed E-state index contributed by atoms with van der Waals surface area (Å²) in [6, 6.07) is 6.72. The SMILES string of the molecule is c1cc2c(c(NC3CCNC3)c1)N=[Se]=N2. The molecule has 1 aromatic carbocycles. The van der Waals surface area contributed by atoms with Gasteiger partial charge in [0.15, 0.2) is 0 Å². The zero-order valence-electron chi connectivity index (χ0n) is 8.23. The molecule has 0 amide bonds. The van der Waals surface area contributed by atoms with Gasteiger partial charge in [0.25, 0.3) is 0 Å². The number of fused-ring (bicyclic) bond motifs is 1. The minimum atomic E-state index is 0.0635. The van der Waals surface area contributed by atoms with Crippen molar-refractivity contribution < 1.29 is 0 Å². The molecule has 1 atom stereocenters. The maximum atomic E-state index is 4.45. The average Bonchev–Trinajstić information content (AvgIpc) is 2.87. The molecule has 0 spiro atoms. The van der Waals surface area contributed by atoms with Crippen molar-refractivity contribution in [2.24, 2.45) is 7.92 Å². The molecule has 5 heteroatoms. The van der Waals surface area contributed by atoms with Crippen LogP contribution in [0.4, 0.5) is 17.1 Å². The molecule has 0 aromatic heterocycles. The third-order valence-electron chi connectivity index (χ3n) is 2.71. The van der Waals surface area contributed by atoms with Crippen molar-refractivity contribution in [1.29, 1.82) is 0 Å². The van der Waals surface area contributed by atoms with Gasteiger partial charge in [-0.05, 0) is 0 Å². The van der Waals surface area contributed by atoms with Crippen LogP contribution in [0.5, 0.6) is 0 Å². The molecule has 1 aromatic rings. The van der Waals surface area contributed by atoms with Gasteiger partial charge < -0.3 is 0 Å². The van der Waals surface area contributed by atoms with E-state index in [4.69, 9.17) is 0 Å². The van der Waals surface area contributed by atoms with E-state index in [1.54, 1.807) is 0 Å². The first-order valence-corrected chi connectivity index (χ1v) is 6.65. The molecule has 2 N–H and O–H groups in total. The van der Waals surface area contributed by atoms with Gasteiger partial charge in [0.2, 0.25) is 0 Å². The van der Waals surface area contributed by atoms with Crippen LogP contribution < -0.4 is 10.6 Å². The molecule has 2 aliphatic rings. The Morgan fingerprint density at radius 2 is 2.40 bits per heavy atom. The minimum absolute atomic E-state index is 0.0635. The summed E-state index contributed by atoms with van der Waals surface area (Å²) >= 11 is 0.0635. The zero-order chi connectivity index (χ0) is 10.1. The van der Waals surface area contributed by atoms with Crippen LogP contribution in [0.25, 0.3) is 0 Å². The molecule has 0 saturated carbocycles. The van der Waals surface area contributed by atoms with Gasteiger partial charge in [0.05, 0.1) is 0 Å². The standard InChI is InChI=1S/C10H12N4Se/c1-2-8(12-7-4-5-11-6-7)10-9(3-1)13-15-14-10/h1-3,7,11-12H,4-6H2. The Bertz CT molecular complexity index is 445. The van der Waals surface area contributed by atoms with Gasteiger partial charge in [0, 0.05) is 0 Å². The molecule has 3 rings (SSSR count). The van der Waals surface area contributed by atoms with E-state index < -0.39 is 0 Å². The number of anilines is 1. The Morgan fingerprint density at radius 1 is 1.40 bits per heavy atom. The summed E-state index contributed by atoms with van der Waals surface area (Å²) < 4.78 is 8.83. The van der Waals surface area contributed by atoms with Gasteiger partial charge in [-0.2, -0.15) is 0 Å². The Hall–Kier alpha value is -0.901. The third-order valence-corrected chi connectivity index (χ3v) is 3.84. The second-order valence-electron chi connectivity index (χ2n) is 3.77. The van der Waals surface area contributed by atoms with Gasteiger partial charge in [-0.3, -0.25) is 0 Å². The molecule has 2 heterocycles. The zero-order valence-corrected chi connectivity index (χ0v) is 9.95. The first-order chi connectivity index (χ1) is 7.43. The van der Waals surface area contributed by atoms with Crippen molar-refractivity contribution in [2.45, 2.75) is 12.5 Å². The Kier molecular flexibility index (Phi) is 2.44. The normalized spacial score (nSPS) is 22.5. The summed E-state index contributed by atoms with van der Waals surface area (Å²) in [7, 11) is 0. The predicted octanol–water partition coefficient (Wildman–Crippen LogP) is 1.81. The Labute approximate surface area is 94.2 Å². The van der Waals surface area contributed by atoms with E-state index in [0.29, 0.717) is 6.04 Å². The fourth-order valence-electron chi connectivity index (χ4n) is 1.92. The van der Waals surface area contributed by atoms with E-state index in [0.717, 1.165) is 30.2 Å². The van der Waals surface area contributed by atoms with Gasteiger partial charge in [0.1, 0.15) is 0 Å². The summed E-state index contributed by atoms with van der Waals surface area (Å²) in [5.41, 5.74) is 3.25. The quantitative estimate of drug-likeness (QED) is 0.815. The molecule has 1 saturated heterocycles. The van der Waals surface area contributed by atoms with E-state index in [2.05, 4.69) is 24.6 Å². The van der Waals surface area contributed by atoms with Crippen LogP contribution in [0, 0.1) is 0 Å². The second-order valence-corrected chi connectivity index (χ2v) is 4.88. The van der Waals surface area contributed by atoms with Crippen LogP contribution in [-0.2, 0) is 0 Å². The molecule has 4 nitrogen and oxygen atoms in total. The first kappa shape index (κ1) is 9.33. The van der Waals surface area contributed by atoms with Crippen LogP contribution in [0.1, 0.15) is 6.42 Å². The van der Waals surface area contributed by atoms with Crippen molar-refractivity contribution in [3.63, 3.8) is 0 Å². The number of nitrogens with one attached hydrogen (secondary N) is 2. The van der Waals surface area contributed by atoms with Crippen molar-refractivity contribution >= 4 is 31.6 Å². The van der Waals surface area contributed by atoms with E-state index in [9.17, 15) is 0 Å². The third kappa shape index (κ3) is 1.78. The van der Waals surface area contributed by atoms with E-state index >= 15 is 0 Å². The first-order valence-electron chi connectivity index (χ1n) is 5.12. The summed E-state index contributed by atoms with van der Waals surface area (Å²) in [4.78, 5) is 0. The Morgan fingerprint density at radius 3 is 3.27 bits per heavy atom.